The molecule has 0 aliphatic carbocycles. The van der Waals surface area contributed by atoms with Gasteiger partial charge in [0.05, 0.1) is 6.61 Å². The molecule has 2 aromatic rings. The van der Waals surface area contributed by atoms with Crippen molar-refractivity contribution in [1.82, 2.24) is 0 Å². The zero-order chi connectivity index (χ0) is 13.1. The highest BCUT2D eigenvalue weighted by Gasteiger charge is 2.34. The Morgan fingerprint density at radius 2 is 2.05 bits per heavy atom. The fourth-order valence-corrected chi connectivity index (χ4v) is 2.52. The molecule has 0 bridgehead atoms. The molecule has 3 heteroatoms. The highest BCUT2D eigenvalue weighted by atomic mass is 16.5. The summed E-state index contributed by atoms with van der Waals surface area (Å²) < 4.78 is 11.1. The third kappa shape index (κ3) is 2.57. The van der Waals surface area contributed by atoms with Gasteiger partial charge in [-0.1, -0.05) is 30.3 Å². The van der Waals surface area contributed by atoms with E-state index in [4.69, 9.17) is 9.47 Å². The van der Waals surface area contributed by atoms with Crippen molar-refractivity contribution < 1.29 is 9.47 Å². The first-order chi connectivity index (χ1) is 9.31. The van der Waals surface area contributed by atoms with E-state index in [1.807, 2.05) is 0 Å². The fraction of sp³-hybridized carbons (Fsp3) is 0.375. The van der Waals surface area contributed by atoms with Gasteiger partial charge in [-0.2, -0.15) is 0 Å². The molecule has 1 aliphatic heterocycles. The molecule has 1 fully saturated rings. The zero-order valence-corrected chi connectivity index (χ0v) is 11.2. The van der Waals surface area contributed by atoms with Gasteiger partial charge in [-0.25, -0.2) is 0 Å². The van der Waals surface area contributed by atoms with Gasteiger partial charge in [0.15, 0.2) is 0 Å². The first-order valence-electron chi connectivity index (χ1n) is 6.67. The normalized spacial score (nSPS) is 22.8. The predicted octanol–water partition coefficient (Wildman–Crippen LogP) is 3.06. The van der Waals surface area contributed by atoms with E-state index in [-0.39, 0.29) is 5.60 Å². The van der Waals surface area contributed by atoms with Crippen molar-refractivity contribution in [1.29, 1.82) is 0 Å². The number of methoxy groups -OCH3 is 1. The van der Waals surface area contributed by atoms with Crippen LogP contribution < -0.4 is 5.32 Å². The Morgan fingerprint density at radius 3 is 2.79 bits per heavy atom. The number of benzene rings is 2. The van der Waals surface area contributed by atoms with Crippen LogP contribution in [0.25, 0.3) is 10.8 Å². The van der Waals surface area contributed by atoms with Crippen LogP contribution in [0.3, 0.4) is 0 Å². The molecule has 3 rings (SSSR count). The van der Waals surface area contributed by atoms with E-state index in [1.165, 1.54) is 10.8 Å². The summed E-state index contributed by atoms with van der Waals surface area (Å²) in [5, 5.41) is 5.98. The molecule has 0 radical (unpaired) electrons. The van der Waals surface area contributed by atoms with E-state index >= 15 is 0 Å². The lowest BCUT2D eigenvalue weighted by atomic mass is 10.0. The van der Waals surface area contributed by atoms with Crippen LogP contribution in [0.4, 0.5) is 5.69 Å². The molecule has 3 nitrogen and oxygen atoms in total. The molecular formula is C16H19NO2. The van der Waals surface area contributed by atoms with Crippen molar-refractivity contribution in [2.24, 2.45) is 0 Å². The minimum Gasteiger partial charge on any atom is -0.382 e. The van der Waals surface area contributed by atoms with Crippen molar-refractivity contribution >= 4 is 16.5 Å². The van der Waals surface area contributed by atoms with Crippen molar-refractivity contribution in [3.8, 4) is 0 Å². The van der Waals surface area contributed by atoms with E-state index in [9.17, 15) is 0 Å². The zero-order valence-electron chi connectivity index (χ0n) is 11.2. The van der Waals surface area contributed by atoms with E-state index in [1.54, 1.807) is 7.11 Å². The van der Waals surface area contributed by atoms with Gasteiger partial charge in [0.2, 0.25) is 0 Å². The van der Waals surface area contributed by atoms with Gasteiger partial charge in [0, 0.05) is 32.4 Å². The van der Waals surface area contributed by atoms with Crippen LogP contribution >= 0.6 is 0 Å². The van der Waals surface area contributed by atoms with Crippen LogP contribution in [0.1, 0.15) is 6.42 Å². The summed E-state index contributed by atoms with van der Waals surface area (Å²) in [6.07, 6.45) is 0.948. The predicted molar refractivity (Wildman–Crippen MR) is 77.6 cm³/mol. The van der Waals surface area contributed by atoms with E-state index in [0.29, 0.717) is 6.61 Å². The Morgan fingerprint density at radius 1 is 1.21 bits per heavy atom. The smallest absolute Gasteiger partial charge is 0.110 e. The number of hydrogen-bond acceptors (Lipinski definition) is 3. The second kappa shape index (κ2) is 5.19. The highest BCUT2D eigenvalue weighted by molar-refractivity contribution is 5.85. The molecule has 1 unspecified atom stereocenters. The van der Waals surface area contributed by atoms with E-state index < -0.39 is 0 Å². The average Bonchev–Trinajstić information content (AvgIpc) is 2.94. The number of ether oxygens (including phenoxy) is 2. The first-order valence-corrected chi connectivity index (χ1v) is 6.67. The van der Waals surface area contributed by atoms with Gasteiger partial charge < -0.3 is 14.8 Å². The maximum Gasteiger partial charge on any atom is 0.110 e. The van der Waals surface area contributed by atoms with Crippen molar-refractivity contribution in [2.45, 2.75) is 12.0 Å². The molecule has 1 atom stereocenters. The molecule has 100 valence electrons. The molecule has 0 saturated carbocycles. The number of hydrogen-bond donors (Lipinski definition) is 1. The summed E-state index contributed by atoms with van der Waals surface area (Å²) in [6, 6.07) is 14.8. The van der Waals surface area contributed by atoms with Gasteiger partial charge in [0.1, 0.15) is 5.60 Å². The summed E-state index contributed by atoms with van der Waals surface area (Å²) >= 11 is 0. The van der Waals surface area contributed by atoms with Crippen LogP contribution in [-0.4, -0.2) is 32.5 Å². The topological polar surface area (TPSA) is 30.5 Å². The SMILES string of the molecule is COC1(CNc2ccc3ccccc3c2)CCOC1. The molecule has 0 amide bonds. The monoisotopic (exact) mass is 257 g/mol. The molecule has 0 spiro atoms. The molecule has 1 heterocycles. The first kappa shape index (κ1) is 12.5. The quantitative estimate of drug-likeness (QED) is 0.913. The standard InChI is InChI=1S/C16H19NO2/c1-18-16(8-9-19-12-16)11-17-15-7-6-13-4-2-3-5-14(13)10-15/h2-7,10,17H,8-9,11-12H2,1H3. The maximum atomic E-state index is 5.62. The Kier molecular flexibility index (Phi) is 3.40. The fourth-order valence-electron chi connectivity index (χ4n) is 2.52. The third-order valence-corrected chi connectivity index (χ3v) is 3.86. The Labute approximate surface area is 113 Å². The van der Waals surface area contributed by atoms with Gasteiger partial charge in [-0.05, 0) is 22.9 Å². The molecule has 0 aromatic heterocycles. The third-order valence-electron chi connectivity index (χ3n) is 3.86. The van der Waals surface area contributed by atoms with Gasteiger partial charge in [-0.15, -0.1) is 0 Å². The van der Waals surface area contributed by atoms with Crippen molar-refractivity contribution in [3.05, 3.63) is 42.5 Å². The lowest BCUT2D eigenvalue weighted by molar-refractivity contribution is -0.00619. The number of rotatable bonds is 4. The molecule has 2 aromatic carbocycles. The van der Waals surface area contributed by atoms with Gasteiger partial charge in [-0.3, -0.25) is 0 Å². The summed E-state index contributed by atoms with van der Waals surface area (Å²) in [7, 11) is 1.76. The number of anilines is 1. The second-order valence-corrected chi connectivity index (χ2v) is 5.11. The lowest BCUT2D eigenvalue weighted by Crippen LogP contribution is -2.39. The second-order valence-electron chi connectivity index (χ2n) is 5.11. The minimum absolute atomic E-state index is 0.175. The van der Waals surface area contributed by atoms with Crippen LogP contribution in [0.2, 0.25) is 0 Å². The van der Waals surface area contributed by atoms with Crippen molar-refractivity contribution in [2.75, 3.05) is 32.2 Å². The molecular weight excluding hydrogens is 238 g/mol. The van der Waals surface area contributed by atoms with E-state index in [2.05, 4.69) is 47.8 Å². The van der Waals surface area contributed by atoms with Gasteiger partial charge >= 0.3 is 0 Å². The Balaban J connectivity index is 1.74. The summed E-state index contributed by atoms with van der Waals surface area (Å²) in [6.45, 7) is 2.24. The number of nitrogens with one attached hydrogen (secondary N) is 1. The maximum absolute atomic E-state index is 5.62. The van der Waals surface area contributed by atoms with Crippen molar-refractivity contribution in [3.63, 3.8) is 0 Å². The van der Waals surface area contributed by atoms with Crippen LogP contribution in [0.15, 0.2) is 42.5 Å². The van der Waals surface area contributed by atoms with Crippen LogP contribution in [0.5, 0.6) is 0 Å². The minimum atomic E-state index is -0.175. The highest BCUT2D eigenvalue weighted by Crippen LogP contribution is 2.24. The molecule has 1 aliphatic rings. The molecule has 1 saturated heterocycles. The summed E-state index contributed by atoms with van der Waals surface area (Å²) in [5.41, 5.74) is 0.952. The lowest BCUT2D eigenvalue weighted by Gasteiger charge is -2.26. The van der Waals surface area contributed by atoms with Crippen LogP contribution in [0, 0.1) is 0 Å². The summed E-state index contributed by atoms with van der Waals surface area (Å²) in [4.78, 5) is 0. The van der Waals surface area contributed by atoms with Crippen LogP contribution in [-0.2, 0) is 9.47 Å². The number of fused-ring (bicyclic) bond motifs is 1. The molecule has 19 heavy (non-hydrogen) atoms. The largest absolute Gasteiger partial charge is 0.382 e. The Bertz CT molecular complexity index is 561. The summed E-state index contributed by atoms with van der Waals surface area (Å²) in [5.74, 6) is 0. The Hall–Kier alpha value is -1.58. The molecule has 1 N–H and O–H groups in total. The van der Waals surface area contributed by atoms with E-state index in [0.717, 1.165) is 25.3 Å². The average molecular weight is 257 g/mol. The van der Waals surface area contributed by atoms with Gasteiger partial charge in [0.25, 0.3) is 0 Å².